The van der Waals surface area contributed by atoms with Crippen molar-refractivity contribution in [3.8, 4) is 0 Å². The minimum absolute atomic E-state index is 0.222. The van der Waals surface area contributed by atoms with Gasteiger partial charge in [0, 0.05) is 28.9 Å². The maximum absolute atomic E-state index is 6.16. The largest absolute Gasteiger partial charge is 0.375 e. The zero-order valence-corrected chi connectivity index (χ0v) is 12.7. The lowest BCUT2D eigenvalue weighted by Gasteiger charge is -2.43. The van der Waals surface area contributed by atoms with Crippen LogP contribution < -0.4 is 5.32 Å². The Kier molecular flexibility index (Phi) is 4.25. The molecule has 0 bridgehead atoms. The molecule has 1 saturated heterocycles. The summed E-state index contributed by atoms with van der Waals surface area (Å²) in [7, 11) is 0. The summed E-state index contributed by atoms with van der Waals surface area (Å²) in [6.45, 7) is 4.15. The SMILES string of the molecule is Cc1ccc(CNC2CCOC3(CCCCC3)C2)s1. The summed E-state index contributed by atoms with van der Waals surface area (Å²) >= 11 is 1.91. The van der Waals surface area contributed by atoms with E-state index >= 15 is 0 Å². The molecule has 2 fully saturated rings. The first-order chi connectivity index (χ1) is 9.26. The third kappa shape index (κ3) is 3.39. The van der Waals surface area contributed by atoms with Gasteiger partial charge in [-0.05, 0) is 44.7 Å². The fraction of sp³-hybridized carbons (Fsp3) is 0.750. The zero-order chi connectivity index (χ0) is 13.1. The Morgan fingerprint density at radius 1 is 1.32 bits per heavy atom. The molecule has 0 aromatic carbocycles. The van der Waals surface area contributed by atoms with E-state index in [-0.39, 0.29) is 5.60 Å². The maximum atomic E-state index is 6.16. The Labute approximate surface area is 120 Å². The lowest BCUT2D eigenvalue weighted by Crippen LogP contribution is -2.47. The minimum Gasteiger partial charge on any atom is -0.375 e. The molecular weight excluding hydrogens is 254 g/mol. The van der Waals surface area contributed by atoms with Crippen LogP contribution >= 0.6 is 11.3 Å². The summed E-state index contributed by atoms with van der Waals surface area (Å²) in [5.74, 6) is 0. The number of aryl methyl sites for hydroxylation is 1. The summed E-state index contributed by atoms with van der Waals surface area (Å²) in [6, 6.07) is 5.12. The van der Waals surface area contributed by atoms with Gasteiger partial charge in [-0.1, -0.05) is 19.3 Å². The monoisotopic (exact) mass is 279 g/mol. The number of nitrogens with one attached hydrogen (secondary N) is 1. The van der Waals surface area contributed by atoms with E-state index in [9.17, 15) is 0 Å². The van der Waals surface area contributed by atoms with Gasteiger partial charge in [0.05, 0.1) is 5.60 Å². The van der Waals surface area contributed by atoms with Crippen molar-refractivity contribution in [2.24, 2.45) is 0 Å². The summed E-state index contributed by atoms with van der Waals surface area (Å²) in [6.07, 6.45) is 9.07. The van der Waals surface area contributed by atoms with Gasteiger partial charge in [0.1, 0.15) is 0 Å². The molecule has 1 aliphatic carbocycles. The van der Waals surface area contributed by atoms with Gasteiger partial charge in [-0.15, -0.1) is 11.3 Å². The predicted octanol–water partition coefficient (Wildman–Crippen LogP) is 4.03. The summed E-state index contributed by atoms with van der Waals surface area (Å²) in [5, 5.41) is 3.75. The molecule has 1 atom stereocenters. The Morgan fingerprint density at radius 3 is 2.89 bits per heavy atom. The highest BCUT2D eigenvalue weighted by molar-refractivity contribution is 7.11. The van der Waals surface area contributed by atoms with Gasteiger partial charge in [0.25, 0.3) is 0 Å². The van der Waals surface area contributed by atoms with Crippen LogP contribution in [-0.2, 0) is 11.3 Å². The Hall–Kier alpha value is -0.380. The van der Waals surface area contributed by atoms with Crippen LogP contribution in [0.15, 0.2) is 12.1 Å². The molecule has 19 heavy (non-hydrogen) atoms. The van der Waals surface area contributed by atoms with Crippen LogP contribution in [-0.4, -0.2) is 18.2 Å². The van der Waals surface area contributed by atoms with Gasteiger partial charge < -0.3 is 10.1 Å². The lowest BCUT2D eigenvalue weighted by molar-refractivity contribution is -0.109. The van der Waals surface area contributed by atoms with E-state index in [4.69, 9.17) is 4.74 Å². The second-order valence-corrected chi connectivity index (χ2v) is 7.55. The molecule has 1 aromatic rings. The quantitative estimate of drug-likeness (QED) is 0.902. The van der Waals surface area contributed by atoms with Crippen LogP contribution in [0.4, 0.5) is 0 Å². The molecule has 3 heteroatoms. The Balaban J connectivity index is 1.53. The second kappa shape index (κ2) is 5.94. The van der Waals surface area contributed by atoms with Crippen molar-refractivity contribution in [2.75, 3.05) is 6.61 Å². The van der Waals surface area contributed by atoms with Crippen molar-refractivity contribution >= 4 is 11.3 Å². The number of hydrogen-bond acceptors (Lipinski definition) is 3. The van der Waals surface area contributed by atoms with Crippen LogP contribution in [0.1, 0.15) is 54.7 Å². The lowest BCUT2D eigenvalue weighted by atomic mass is 9.78. The molecule has 1 aromatic heterocycles. The molecule has 1 N–H and O–H groups in total. The van der Waals surface area contributed by atoms with Crippen molar-refractivity contribution in [1.29, 1.82) is 0 Å². The maximum Gasteiger partial charge on any atom is 0.0697 e. The van der Waals surface area contributed by atoms with Crippen LogP contribution in [0.5, 0.6) is 0 Å². The van der Waals surface area contributed by atoms with Crippen molar-refractivity contribution in [3.05, 3.63) is 21.9 Å². The second-order valence-electron chi connectivity index (χ2n) is 6.18. The average Bonchev–Trinajstić information content (AvgIpc) is 2.83. The fourth-order valence-corrected chi connectivity index (χ4v) is 4.41. The van der Waals surface area contributed by atoms with E-state index < -0.39 is 0 Å². The molecular formula is C16H25NOS. The van der Waals surface area contributed by atoms with Crippen molar-refractivity contribution in [2.45, 2.75) is 70.1 Å². The van der Waals surface area contributed by atoms with Crippen LogP contribution in [0, 0.1) is 6.92 Å². The van der Waals surface area contributed by atoms with E-state index in [2.05, 4.69) is 24.4 Å². The van der Waals surface area contributed by atoms with E-state index in [1.54, 1.807) is 0 Å². The van der Waals surface area contributed by atoms with Gasteiger partial charge >= 0.3 is 0 Å². The van der Waals surface area contributed by atoms with Crippen molar-refractivity contribution in [3.63, 3.8) is 0 Å². The van der Waals surface area contributed by atoms with Gasteiger partial charge in [0.2, 0.25) is 0 Å². The average molecular weight is 279 g/mol. The van der Waals surface area contributed by atoms with E-state index in [0.717, 1.165) is 13.2 Å². The van der Waals surface area contributed by atoms with Gasteiger partial charge in [-0.25, -0.2) is 0 Å². The van der Waals surface area contributed by atoms with Gasteiger partial charge in [0.15, 0.2) is 0 Å². The normalized spacial score (nSPS) is 26.7. The first-order valence-corrected chi connectivity index (χ1v) is 8.50. The molecule has 1 saturated carbocycles. The van der Waals surface area contributed by atoms with E-state index in [0.29, 0.717) is 6.04 Å². The smallest absolute Gasteiger partial charge is 0.0697 e. The molecule has 0 radical (unpaired) electrons. The van der Waals surface area contributed by atoms with Crippen LogP contribution in [0.2, 0.25) is 0 Å². The fourth-order valence-electron chi connectivity index (χ4n) is 3.57. The molecule has 2 nitrogen and oxygen atoms in total. The molecule has 2 heterocycles. The summed E-state index contributed by atoms with van der Waals surface area (Å²) in [5.41, 5.74) is 0.222. The van der Waals surface area contributed by atoms with Gasteiger partial charge in [-0.2, -0.15) is 0 Å². The first kappa shape index (κ1) is 13.6. The topological polar surface area (TPSA) is 21.3 Å². The number of hydrogen-bond donors (Lipinski definition) is 1. The Morgan fingerprint density at radius 2 is 2.16 bits per heavy atom. The zero-order valence-electron chi connectivity index (χ0n) is 11.9. The number of rotatable bonds is 3. The predicted molar refractivity (Wildman–Crippen MR) is 80.7 cm³/mol. The van der Waals surface area contributed by atoms with Crippen LogP contribution in [0.3, 0.4) is 0 Å². The Bertz CT molecular complexity index is 403. The molecule has 1 aliphatic heterocycles. The summed E-state index contributed by atoms with van der Waals surface area (Å²) < 4.78 is 6.16. The third-order valence-corrected chi connectivity index (χ3v) is 5.62. The highest BCUT2D eigenvalue weighted by atomic mass is 32.1. The van der Waals surface area contributed by atoms with Crippen molar-refractivity contribution in [1.82, 2.24) is 5.32 Å². The first-order valence-electron chi connectivity index (χ1n) is 7.68. The minimum atomic E-state index is 0.222. The number of ether oxygens (including phenoxy) is 1. The van der Waals surface area contributed by atoms with E-state index in [1.807, 2.05) is 11.3 Å². The van der Waals surface area contributed by atoms with Crippen molar-refractivity contribution < 1.29 is 4.74 Å². The van der Waals surface area contributed by atoms with Gasteiger partial charge in [-0.3, -0.25) is 0 Å². The van der Waals surface area contributed by atoms with E-state index in [1.165, 1.54) is 54.7 Å². The molecule has 3 rings (SSSR count). The third-order valence-electron chi connectivity index (χ3n) is 4.62. The molecule has 106 valence electrons. The molecule has 0 amide bonds. The van der Waals surface area contributed by atoms with Crippen LogP contribution in [0.25, 0.3) is 0 Å². The molecule has 1 spiro atoms. The standard InChI is InChI=1S/C16H25NOS/c1-13-5-6-15(19-13)12-17-14-7-10-18-16(11-14)8-3-2-4-9-16/h5-6,14,17H,2-4,7-12H2,1H3. The molecule has 2 aliphatic rings. The molecule has 1 unspecified atom stereocenters. The highest BCUT2D eigenvalue weighted by Crippen LogP contribution is 2.38. The summed E-state index contributed by atoms with van der Waals surface area (Å²) in [4.78, 5) is 2.87. The highest BCUT2D eigenvalue weighted by Gasteiger charge is 2.38. The number of thiophene rings is 1.